The number of carboxylic acid groups (broad SMARTS) is 1. The van der Waals surface area contributed by atoms with Crippen LogP contribution in [-0.4, -0.2) is 28.2 Å². The number of ether oxygens (including phenoxy) is 1. The lowest BCUT2D eigenvalue weighted by Crippen LogP contribution is -2.51. The van der Waals surface area contributed by atoms with E-state index in [9.17, 15) is 14.7 Å². The molecule has 3 N–H and O–H groups in total. The van der Waals surface area contributed by atoms with Crippen LogP contribution in [-0.2, 0) is 14.3 Å². The summed E-state index contributed by atoms with van der Waals surface area (Å²) in [6.45, 7) is 7.48. The van der Waals surface area contributed by atoms with Gasteiger partial charge in [0.25, 0.3) is 0 Å². The summed E-state index contributed by atoms with van der Waals surface area (Å²) in [4.78, 5) is 23.6. The second-order valence-corrected chi connectivity index (χ2v) is 6.85. The Morgan fingerprint density at radius 2 is 2.00 bits per heavy atom. The Morgan fingerprint density at radius 1 is 1.40 bits per heavy atom. The van der Waals surface area contributed by atoms with Gasteiger partial charge in [0, 0.05) is 0 Å². The lowest BCUT2D eigenvalue weighted by atomic mass is 9.84. The van der Waals surface area contributed by atoms with Gasteiger partial charge in [0.2, 0.25) is 0 Å². The highest BCUT2D eigenvalue weighted by atomic mass is 16.6. The third-order valence-electron chi connectivity index (χ3n) is 3.93. The van der Waals surface area contributed by atoms with Crippen molar-refractivity contribution in [3.8, 4) is 0 Å². The van der Waals surface area contributed by atoms with Crippen molar-refractivity contribution in [2.24, 2.45) is 17.6 Å². The van der Waals surface area contributed by atoms with Crippen LogP contribution < -0.4 is 5.73 Å². The largest absolute Gasteiger partial charge is 0.480 e. The van der Waals surface area contributed by atoms with Gasteiger partial charge in [0.1, 0.15) is 11.1 Å². The fourth-order valence-electron chi connectivity index (χ4n) is 2.86. The van der Waals surface area contributed by atoms with Gasteiger partial charge < -0.3 is 15.6 Å². The lowest BCUT2D eigenvalue weighted by molar-refractivity contribution is -0.160. The van der Waals surface area contributed by atoms with Gasteiger partial charge in [-0.25, -0.2) is 0 Å². The van der Waals surface area contributed by atoms with Gasteiger partial charge in [-0.2, -0.15) is 0 Å². The molecule has 0 saturated heterocycles. The summed E-state index contributed by atoms with van der Waals surface area (Å²) in [5.41, 5.74) is 4.22. The molecule has 1 rings (SSSR count). The fraction of sp³-hybridized carbons (Fsp3) is 0.867. The average molecular weight is 285 g/mol. The molecule has 1 aliphatic rings. The Bertz CT molecular complexity index is 375. The van der Waals surface area contributed by atoms with E-state index in [0.717, 1.165) is 19.3 Å². The van der Waals surface area contributed by atoms with Crippen LogP contribution in [0.15, 0.2) is 0 Å². The van der Waals surface area contributed by atoms with Gasteiger partial charge in [0.15, 0.2) is 0 Å². The zero-order valence-electron chi connectivity index (χ0n) is 12.9. The van der Waals surface area contributed by atoms with Gasteiger partial charge in [-0.3, -0.25) is 9.59 Å². The van der Waals surface area contributed by atoms with Crippen LogP contribution in [0.4, 0.5) is 0 Å². The zero-order chi connectivity index (χ0) is 15.6. The first kappa shape index (κ1) is 17.0. The number of esters is 1. The van der Waals surface area contributed by atoms with Crippen LogP contribution in [0.25, 0.3) is 0 Å². The number of hydrogen-bond acceptors (Lipinski definition) is 4. The Hall–Kier alpha value is -1.10. The lowest BCUT2D eigenvalue weighted by Gasteiger charge is -2.26. The molecule has 20 heavy (non-hydrogen) atoms. The van der Waals surface area contributed by atoms with Gasteiger partial charge in [-0.15, -0.1) is 0 Å². The number of hydrogen-bond donors (Lipinski definition) is 2. The van der Waals surface area contributed by atoms with Crippen LogP contribution in [0.3, 0.4) is 0 Å². The number of nitrogens with two attached hydrogens (primary N) is 1. The van der Waals surface area contributed by atoms with Crippen molar-refractivity contribution in [1.29, 1.82) is 0 Å². The average Bonchev–Trinajstić information content (AvgIpc) is 2.63. The number of unbranched alkanes of at least 4 members (excludes halogenated alkanes) is 1. The van der Waals surface area contributed by atoms with Crippen molar-refractivity contribution in [2.45, 2.75) is 70.9 Å². The molecule has 116 valence electrons. The van der Waals surface area contributed by atoms with Crippen LogP contribution in [0.1, 0.15) is 59.8 Å². The molecule has 1 aliphatic carbocycles. The van der Waals surface area contributed by atoms with Crippen LogP contribution in [0.5, 0.6) is 0 Å². The maximum absolute atomic E-state index is 12.1. The van der Waals surface area contributed by atoms with E-state index >= 15 is 0 Å². The Morgan fingerprint density at radius 3 is 2.45 bits per heavy atom. The molecule has 0 bridgehead atoms. The van der Waals surface area contributed by atoms with E-state index in [2.05, 4.69) is 6.92 Å². The number of carbonyl (C=O) groups is 2. The zero-order valence-corrected chi connectivity index (χ0v) is 12.9. The maximum atomic E-state index is 12.1. The molecule has 3 unspecified atom stereocenters. The second-order valence-electron chi connectivity index (χ2n) is 6.85. The van der Waals surface area contributed by atoms with Gasteiger partial charge in [-0.1, -0.05) is 19.8 Å². The molecule has 1 saturated carbocycles. The third-order valence-corrected chi connectivity index (χ3v) is 3.93. The van der Waals surface area contributed by atoms with Gasteiger partial charge >= 0.3 is 11.9 Å². The summed E-state index contributed by atoms with van der Waals surface area (Å²) in [7, 11) is 0. The first-order valence-electron chi connectivity index (χ1n) is 7.35. The predicted molar refractivity (Wildman–Crippen MR) is 76.1 cm³/mol. The van der Waals surface area contributed by atoms with Crippen LogP contribution >= 0.6 is 0 Å². The molecule has 5 heteroatoms. The Balaban J connectivity index is 2.79. The molecule has 0 aromatic heterocycles. The number of rotatable bonds is 5. The smallest absolute Gasteiger partial charge is 0.323 e. The van der Waals surface area contributed by atoms with E-state index in [1.54, 1.807) is 20.8 Å². The minimum Gasteiger partial charge on any atom is -0.480 e. The molecular weight excluding hydrogens is 258 g/mol. The van der Waals surface area contributed by atoms with Gasteiger partial charge in [-0.05, 0) is 46.0 Å². The molecule has 3 atom stereocenters. The van der Waals surface area contributed by atoms with Crippen molar-refractivity contribution in [3.05, 3.63) is 0 Å². The van der Waals surface area contributed by atoms with Gasteiger partial charge in [0.05, 0.1) is 5.92 Å². The van der Waals surface area contributed by atoms with Crippen LogP contribution in [0, 0.1) is 11.8 Å². The summed E-state index contributed by atoms with van der Waals surface area (Å²) >= 11 is 0. The molecule has 0 radical (unpaired) electrons. The second kappa shape index (κ2) is 6.12. The summed E-state index contributed by atoms with van der Waals surface area (Å²) in [5.74, 6) is -1.90. The summed E-state index contributed by atoms with van der Waals surface area (Å²) in [6, 6.07) is 0. The molecule has 0 spiro atoms. The molecule has 0 aromatic rings. The van der Waals surface area contributed by atoms with Crippen molar-refractivity contribution < 1.29 is 19.4 Å². The highest BCUT2D eigenvalue weighted by Crippen LogP contribution is 2.42. The van der Waals surface area contributed by atoms with Crippen LogP contribution in [0.2, 0.25) is 0 Å². The first-order valence-corrected chi connectivity index (χ1v) is 7.35. The summed E-state index contributed by atoms with van der Waals surface area (Å²) < 4.78 is 5.36. The van der Waals surface area contributed by atoms with E-state index in [4.69, 9.17) is 10.5 Å². The van der Waals surface area contributed by atoms with Crippen molar-refractivity contribution >= 4 is 11.9 Å². The SMILES string of the molecule is CCCCC1CC(C(=O)OC(C)(C)C)CC1(N)C(=O)O. The maximum Gasteiger partial charge on any atom is 0.323 e. The van der Waals surface area contributed by atoms with E-state index in [0.29, 0.717) is 6.42 Å². The molecule has 0 aliphatic heterocycles. The summed E-state index contributed by atoms with van der Waals surface area (Å²) in [6.07, 6.45) is 3.35. The number of carboxylic acids is 1. The van der Waals surface area contributed by atoms with E-state index in [-0.39, 0.29) is 18.3 Å². The number of aliphatic carboxylic acids is 1. The topological polar surface area (TPSA) is 89.6 Å². The minimum atomic E-state index is -1.29. The van der Waals surface area contributed by atoms with Crippen molar-refractivity contribution in [1.82, 2.24) is 0 Å². The quantitative estimate of drug-likeness (QED) is 0.757. The number of carbonyl (C=O) groups excluding carboxylic acids is 1. The van der Waals surface area contributed by atoms with E-state index < -0.39 is 23.0 Å². The molecule has 1 fully saturated rings. The third kappa shape index (κ3) is 3.95. The van der Waals surface area contributed by atoms with Crippen molar-refractivity contribution in [2.75, 3.05) is 0 Å². The van der Waals surface area contributed by atoms with E-state index in [1.807, 2.05) is 0 Å². The highest BCUT2D eigenvalue weighted by molar-refractivity contribution is 5.82. The first-order chi connectivity index (χ1) is 9.10. The normalized spacial score (nSPS) is 30.2. The molecule has 5 nitrogen and oxygen atoms in total. The highest BCUT2D eigenvalue weighted by Gasteiger charge is 2.52. The summed E-state index contributed by atoms with van der Waals surface area (Å²) in [5, 5.41) is 9.40. The molecule has 0 heterocycles. The Labute approximate surface area is 120 Å². The molecule has 0 aromatic carbocycles. The predicted octanol–water partition coefficient (Wildman–Crippen LogP) is 2.33. The monoisotopic (exact) mass is 285 g/mol. The molecular formula is C15H27NO4. The minimum absolute atomic E-state index is 0.155. The van der Waals surface area contributed by atoms with Crippen molar-refractivity contribution in [3.63, 3.8) is 0 Å². The fourth-order valence-corrected chi connectivity index (χ4v) is 2.86. The van der Waals surface area contributed by atoms with E-state index in [1.165, 1.54) is 0 Å². The molecule has 0 amide bonds. The standard InChI is InChI=1S/C15H27NO4/c1-5-6-7-11-8-10(9-15(11,16)13(18)19)12(17)20-14(2,3)4/h10-11H,5-9,16H2,1-4H3,(H,18,19). The Kier molecular flexibility index (Phi) is 5.19.